The van der Waals surface area contributed by atoms with Crippen molar-refractivity contribution in [1.29, 1.82) is 5.26 Å². The number of aliphatic imine (C=N–C) groups is 1. The fourth-order valence-corrected chi connectivity index (χ4v) is 5.48. The van der Waals surface area contributed by atoms with E-state index < -0.39 is 18.4 Å². The molecule has 1 aliphatic heterocycles. The standard InChI is InChI=1S/C30H25F4N7O2S/c1-18(2)24-15-21(31)7-12-26(24)40-13-14-44-29(40)38-28(42)37-25(16-35)19-3-5-20(6-4-19)27-36-17-41(39-27)22-8-10-23(11-9-22)43-30(32,33)34/h3-12,15,17-18,25H,13-14H2,1-2H3,(H,37,42). The van der Waals surface area contributed by atoms with Gasteiger partial charge in [0, 0.05) is 23.5 Å². The molecule has 0 radical (unpaired) electrons. The molecule has 44 heavy (non-hydrogen) atoms. The van der Waals surface area contributed by atoms with E-state index >= 15 is 0 Å². The van der Waals surface area contributed by atoms with Crippen LogP contribution in [0.15, 0.2) is 78.0 Å². The maximum absolute atomic E-state index is 13.9. The molecule has 0 aliphatic carbocycles. The molecule has 1 saturated heterocycles. The number of carbonyl (C=O) groups excluding carboxylic acids is 1. The van der Waals surface area contributed by atoms with Gasteiger partial charge in [-0.25, -0.2) is 18.9 Å². The summed E-state index contributed by atoms with van der Waals surface area (Å²) in [6.07, 6.45) is -3.37. The smallest absolute Gasteiger partial charge is 0.406 e. The number of carbonyl (C=O) groups is 1. The summed E-state index contributed by atoms with van der Waals surface area (Å²) in [6.45, 7) is 4.54. The molecule has 5 rings (SSSR count). The Kier molecular flexibility index (Phi) is 8.86. The van der Waals surface area contributed by atoms with Crippen LogP contribution in [-0.2, 0) is 0 Å². The molecular weight excluding hydrogens is 598 g/mol. The summed E-state index contributed by atoms with van der Waals surface area (Å²) in [5, 5.41) is 17.2. The van der Waals surface area contributed by atoms with Crippen molar-refractivity contribution in [3.05, 3.63) is 90.0 Å². The number of alkyl halides is 3. The minimum Gasteiger partial charge on any atom is -0.406 e. The van der Waals surface area contributed by atoms with Crippen molar-refractivity contribution in [3.8, 4) is 28.9 Å². The minimum absolute atomic E-state index is 0.0598. The molecule has 1 fully saturated rings. The van der Waals surface area contributed by atoms with Gasteiger partial charge in [0.15, 0.2) is 11.0 Å². The van der Waals surface area contributed by atoms with Gasteiger partial charge in [0.2, 0.25) is 0 Å². The molecule has 14 heteroatoms. The number of hydrogen-bond donors (Lipinski definition) is 1. The van der Waals surface area contributed by atoms with Crippen LogP contribution in [0.2, 0.25) is 0 Å². The van der Waals surface area contributed by atoms with Crippen molar-refractivity contribution < 1.29 is 27.1 Å². The molecule has 9 nitrogen and oxygen atoms in total. The predicted octanol–water partition coefficient (Wildman–Crippen LogP) is 6.98. The average Bonchev–Trinajstić information content (AvgIpc) is 3.66. The molecule has 0 saturated carbocycles. The third kappa shape index (κ3) is 7.17. The highest BCUT2D eigenvalue weighted by Crippen LogP contribution is 2.33. The van der Waals surface area contributed by atoms with E-state index in [1.54, 1.807) is 30.3 Å². The molecule has 1 aliphatic rings. The fraction of sp³-hybridized carbons (Fsp3) is 0.233. The number of nitrogens with zero attached hydrogens (tertiary/aromatic N) is 6. The third-order valence-electron chi connectivity index (χ3n) is 6.60. The van der Waals surface area contributed by atoms with Crippen LogP contribution in [0.1, 0.15) is 36.9 Å². The lowest BCUT2D eigenvalue weighted by molar-refractivity contribution is -0.274. The van der Waals surface area contributed by atoms with Crippen molar-refractivity contribution in [2.45, 2.75) is 32.2 Å². The summed E-state index contributed by atoms with van der Waals surface area (Å²) in [5.41, 5.74) is 3.20. The number of hydrogen-bond acceptors (Lipinski definition) is 6. The summed E-state index contributed by atoms with van der Waals surface area (Å²) in [4.78, 5) is 23.2. The van der Waals surface area contributed by atoms with Gasteiger partial charge in [-0.3, -0.25) is 0 Å². The first-order valence-corrected chi connectivity index (χ1v) is 14.4. The van der Waals surface area contributed by atoms with Gasteiger partial charge < -0.3 is 15.0 Å². The highest BCUT2D eigenvalue weighted by molar-refractivity contribution is 8.14. The Balaban J connectivity index is 1.26. The summed E-state index contributed by atoms with van der Waals surface area (Å²) >= 11 is 1.40. The van der Waals surface area contributed by atoms with Crippen LogP contribution >= 0.6 is 11.8 Å². The molecule has 2 amide bonds. The number of nitriles is 1. The van der Waals surface area contributed by atoms with Gasteiger partial charge in [0.1, 0.15) is 23.9 Å². The van der Waals surface area contributed by atoms with E-state index in [1.807, 2.05) is 18.7 Å². The number of amides is 2. The van der Waals surface area contributed by atoms with E-state index in [1.165, 1.54) is 59.2 Å². The van der Waals surface area contributed by atoms with E-state index in [9.17, 15) is 27.6 Å². The molecule has 0 bridgehead atoms. The van der Waals surface area contributed by atoms with E-state index in [4.69, 9.17) is 0 Å². The van der Waals surface area contributed by atoms with E-state index in [0.29, 0.717) is 40.1 Å². The zero-order chi connectivity index (χ0) is 31.4. The first kappa shape index (κ1) is 30.6. The second-order valence-corrected chi connectivity index (χ2v) is 11.0. The maximum Gasteiger partial charge on any atom is 0.573 e. The molecule has 1 unspecified atom stereocenters. The molecule has 1 N–H and O–H groups in total. The Hall–Kier alpha value is -4.90. The Morgan fingerprint density at radius 1 is 1.11 bits per heavy atom. The number of anilines is 1. The fourth-order valence-electron chi connectivity index (χ4n) is 4.53. The number of urea groups is 1. The zero-order valence-electron chi connectivity index (χ0n) is 23.4. The van der Waals surface area contributed by atoms with Gasteiger partial charge in [-0.2, -0.15) is 10.3 Å². The number of halogens is 4. The van der Waals surface area contributed by atoms with E-state index in [-0.39, 0.29) is 17.5 Å². The van der Waals surface area contributed by atoms with Gasteiger partial charge in [0.05, 0.1) is 11.8 Å². The second-order valence-electron chi connectivity index (χ2n) is 9.94. The van der Waals surface area contributed by atoms with Crippen LogP contribution in [0.3, 0.4) is 0 Å². The molecule has 4 aromatic rings. The maximum atomic E-state index is 13.9. The first-order chi connectivity index (χ1) is 21.0. The number of nitrogens with one attached hydrogen (secondary N) is 1. The van der Waals surface area contributed by atoms with Gasteiger partial charge >= 0.3 is 12.4 Å². The van der Waals surface area contributed by atoms with Crippen LogP contribution in [0, 0.1) is 17.1 Å². The lowest BCUT2D eigenvalue weighted by Gasteiger charge is -2.23. The van der Waals surface area contributed by atoms with Gasteiger partial charge in [-0.1, -0.05) is 49.9 Å². The number of thioether (sulfide) groups is 1. The summed E-state index contributed by atoms with van der Waals surface area (Å²) in [6, 6.07) is 16.8. The number of benzene rings is 3. The Morgan fingerprint density at radius 2 is 1.84 bits per heavy atom. The Labute approximate surface area is 254 Å². The van der Waals surface area contributed by atoms with E-state index in [2.05, 4.69) is 31.2 Å². The summed E-state index contributed by atoms with van der Waals surface area (Å²) in [5.74, 6) is 0.419. The van der Waals surface area contributed by atoms with Crippen LogP contribution < -0.4 is 15.0 Å². The minimum atomic E-state index is -4.78. The lowest BCUT2D eigenvalue weighted by Crippen LogP contribution is -2.30. The Morgan fingerprint density at radius 3 is 2.50 bits per heavy atom. The summed E-state index contributed by atoms with van der Waals surface area (Å²) < 4.78 is 56.4. The number of amidine groups is 1. The number of rotatable bonds is 7. The van der Waals surface area contributed by atoms with Crippen LogP contribution in [-0.4, -0.2) is 44.6 Å². The van der Waals surface area contributed by atoms with Crippen molar-refractivity contribution in [2.75, 3.05) is 17.2 Å². The van der Waals surface area contributed by atoms with E-state index in [0.717, 1.165) is 11.3 Å². The summed E-state index contributed by atoms with van der Waals surface area (Å²) in [7, 11) is 0. The van der Waals surface area contributed by atoms with Crippen LogP contribution in [0.25, 0.3) is 17.1 Å². The number of ether oxygens (including phenoxy) is 1. The molecule has 3 aromatic carbocycles. The molecule has 226 valence electrons. The highest BCUT2D eigenvalue weighted by atomic mass is 32.2. The monoisotopic (exact) mass is 623 g/mol. The third-order valence-corrected chi connectivity index (χ3v) is 7.56. The van der Waals surface area contributed by atoms with Gasteiger partial charge in [-0.15, -0.1) is 18.3 Å². The predicted molar refractivity (Wildman–Crippen MR) is 158 cm³/mol. The van der Waals surface area contributed by atoms with Crippen molar-refractivity contribution >= 4 is 28.6 Å². The van der Waals surface area contributed by atoms with Crippen molar-refractivity contribution in [2.24, 2.45) is 4.99 Å². The molecule has 1 aromatic heterocycles. The average molecular weight is 624 g/mol. The molecule has 1 atom stereocenters. The topological polar surface area (TPSA) is 108 Å². The number of aromatic nitrogens is 3. The Bertz CT molecular complexity index is 1720. The second kappa shape index (κ2) is 12.8. The largest absolute Gasteiger partial charge is 0.573 e. The molecular formula is C30H25F4N7O2S. The highest BCUT2D eigenvalue weighted by Gasteiger charge is 2.31. The molecule has 0 spiro atoms. The normalized spacial score (nSPS) is 15.0. The first-order valence-electron chi connectivity index (χ1n) is 13.4. The molecule has 2 heterocycles. The zero-order valence-corrected chi connectivity index (χ0v) is 24.2. The van der Waals surface area contributed by atoms with Gasteiger partial charge in [-0.05, 0) is 59.5 Å². The van der Waals surface area contributed by atoms with Crippen molar-refractivity contribution in [1.82, 2.24) is 20.1 Å². The van der Waals surface area contributed by atoms with Gasteiger partial charge in [0.25, 0.3) is 0 Å². The van der Waals surface area contributed by atoms with Crippen LogP contribution in [0.4, 0.5) is 28.0 Å². The van der Waals surface area contributed by atoms with Crippen molar-refractivity contribution in [3.63, 3.8) is 0 Å². The quantitative estimate of drug-likeness (QED) is 0.221. The lowest BCUT2D eigenvalue weighted by atomic mass is 10.0. The SMILES string of the molecule is CC(C)c1cc(F)ccc1N1CCSC1=NC(=O)NC(C#N)c1ccc(-c2ncn(-c3ccc(OC(F)(F)F)cc3)n2)cc1. The van der Waals surface area contributed by atoms with Crippen LogP contribution in [0.5, 0.6) is 5.75 Å².